The Bertz CT molecular complexity index is 728. The number of ether oxygens (including phenoxy) is 1. The lowest BCUT2D eigenvalue weighted by Crippen LogP contribution is -2.32. The van der Waals surface area contributed by atoms with Gasteiger partial charge in [-0.15, -0.1) is 0 Å². The van der Waals surface area contributed by atoms with E-state index in [1.807, 2.05) is 42.5 Å². The van der Waals surface area contributed by atoms with Crippen LogP contribution in [0.1, 0.15) is 43.2 Å². The number of carboxylic acid groups (broad SMARTS) is 1. The molecule has 1 aromatic rings. The number of carbonyl (C=O) groups is 2. The van der Waals surface area contributed by atoms with Crippen molar-refractivity contribution in [3.05, 3.63) is 59.7 Å². The molecule has 1 aliphatic rings. The lowest BCUT2D eigenvalue weighted by Gasteiger charge is -2.21. The fourth-order valence-corrected chi connectivity index (χ4v) is 3.45. The van der Waals surface area contributed by atoms with Crippen LogP contribution in [0.15, 0.2) is 48.6 Å². The van der Waals surface area contributed by atoms with E-state index in [9.17, 15) is 14.7 Å². The van der Waals surface area contributed by atoms with Gasteiger partial charge in [0, 0.05) is 32.9 Å². The Balaban J connectivity index is 1.84. The third kappa shape index (κ3) is 8.21. The Kier molecular flexibility index (Phi) is 9.60. The number of nitrogens with zero attached hydrogens (tertiary/aromatic N) is 1. The highest BCUT2D eigenvalue weighted by atomic mass is 16.5. The van der Waals surface area contributed by atoms with Gasteiger partial charge < -0.3 is 19.8 Å². The second kappa shape index (κ2) is 12.2. The highest BCUT2D eigenvalue weighted by Crippen LogP contribution is 2.20. The van der Waals surface area contributed by atoms with Crippen molar-refractivity contribution in [3.63, 3.8) is 0 Å². The molecular weight excluding hydrogens is 370 g/mol. The predicted molar refractivity (Wildman–Crippen MR) is 111 cm³/mol. The number of aliphatic hydroxyl groups excluding tert-OH is 1. The predicted octanol–water partition coefficient (Wildman–Crippen LogP) is 3.09. The van der Waals surface area contributed by atoms with Crippen molar-refractivity contribution in [1.29, 1.82) is 0 Å². The molecule has 158 valence electrons. The molecule has 29 heavy (non-hydrogen) atoms. The molecule has 0 aromatic heterocycles. The maximum Gasteiger partial charge on any atom is 0.303 e. The SMILES string of the molecule is COCc1cccc(C[C@H](O)/C=C/[C@H]2CCC(=O)N2C/C=C\CCCC(=O)O)c1. The van der Waals surface area contributed by atoms with Crippen molar-refractivity contribution in [2.75, 3.05) is 13.7 Å². The van der Waals surface area contributed by atoms with Gasteiger partial charge in [0.05, 0.1) is 18.8 Å². The van der Waals surface area contributed by atoms with Gasteiger partial charge in [-0.05, 0) is 30.4 Å². The number of hydrogen-bond acceptors (Lipinski definition) is 4. The number of allylic oxidation sites excluding steroid dienone is 1. The van der Waals surface area contributed by atoms with E-state index >= 15 is 0 Å². The van der Waals surface area contributed by atoms with Crippen LogP contribution in [0.25, 0.3) is 0 Å². The fourth-order valence-electron chi connectivity index (χ4n) is 3.45. The number of methoxy groups -OCH3 is 1. The van der Waals surface area contributed by atoms with Crippen LogP contribution in [0.3, 0.4) is 0 Å². The summed E-state index contributed by atoms with van der Waals surface area (Å²) in [6.45, 7) is 1.05. The molecule has 0 spiro atoms. The summed E-state index contributed by atoms with van der Waals surface area (Å²) in [6, 6.07) is 7.95. The summed E-state index contributed by atoms with van der Waals surface area (Å²) in [7, 11) is 1.66. The molecular formula is C23H31NO5. The number of benzene rings is 1. The Morgan fingerprint density at radius 3 is 2.90 bits per heavy atom. The number of rotatable bonds is 12. The molecule has 1 heterocycles. The van der Waals surface area contributed by atoms with Crippen LogP contribution in [0, 0.1) is 0 Å². The average molecular weight is 402 g/mol. The first-order chi connectivity index (χ1) is 14.0. The van der Waals surface area contributed by atoms with Crippen molar-refractivity contribution < 1.29 is 24.5 Å². The summed E-state index contributed by atoms with van der Waals surface area (Å²) < 4.78 is 5.14. The minimum absolute atomic E-state index is 0.0133. The second-order valence-electron chi connectivity index (χ2n) is 7.32. The van der Waals surface area contributed by atoms with E-state index in [0.717, 1.165) is 17.5 Å². The third-order valence-electron chi connectivity index (χ3n) is 4.91. The molecule has 2 rings (SSSR count). The monoisotopic (exact) mass is 401 g/mol. The zero-order valence-electron chi connectivity index (χ0n) is 17.0. The first-order valence-electron chi connectivity index (χ1n) is 10.1. The molecule has 0 radical (unpaired) electrons. The standard InChI is InChI=1S/C23H31NO5/c1-29-17-19-8-6-7-18(15-19)16-21(25)12-10-20-11-13-22(26)24(20)14-5-3-2-4-9-23(27)28/h3,5-8,10,12,15,20-21,25H,2,4,9,11,13-14,16-17H2,1H3,(H,27,28)/b5-3-,12-10+/t20-,21+/m0/s1. The number of carboxylic acids is 1. The Labute approximate surface area is 172 Å². The van der Waals surface area contributed by atoms with Crippen LogP contribution in [0.5, 0.6) is 0 Å². The zero-order valence-corrected chi connectivity index (χ0v) is 17.0. The molecule has 2 N–H and O–H groups in total. The van der Waals surface area contributed by atoms with E-state index in [1.165, 1.54) is 0 Å². The van der Waals surface area contributed by atoms with E-state index < -0.39 is 12.1 Å². The summed E-state index contributed by atoms with van der Waals surface area (Å²) >= 11 is 0. The molecule has 0 unspecified atom stereocenters. The lowest BCUT2D eigenvalue weighted by atomic mass is 10.0. The summed E-state index contributed by atoms with van der Waals surface area (Å²) in [4.78, 5) is 24.4. The van der Waals surface area contributed by atoms with Gasteiger partial charge in [0.1, 0.15) is 0 Å². The van der Waals surface area contributed by atoms with Gasteiger partial charge in [-0.1, -0.05) is 48.6 Å². The number of likely N-dealkylation sites (tertiary alicyclic amines) is 1. The maximum atomic E-state index is 12.1. The molecule has 1 aliphatic heterocycles. The summed E-state index contributed by atoms with van der Waals surface area (Å²) in [5.41, 5.74) is 2.12. The van der Waals surface area contributed by atoms with Gasteiger partial charge in [0.15, 0.2) is 0 Å². The molecule has 0 bridgehead atoms. The molecule has 6 heteroatoms. The van der Waals surface area contributed by atoms with Gasteiger partial charge in [-0.25, -0.2) is 0 Å². The number of aliphatic hydroxyl groups is 1. The van der Waals surface area contributed by atoms with Crippen molar-refractivity contribution >= 4 is 11.9 Å². The van der Waals surface area contributed by atoms with Gasteiger partial charge in [-0.3, -0.25) is 9.59 Å². The maximum absolute atomic E-state index is 12.1. The number of aliphatic carboxylic acids is 1. The van der Waals surface area contributed by atoms with Gasteiger partial charge in [0.2, 0.25) is 5.91 Å². The lowest BCUT2D eigenvalue weighted by molar-refractivity contribution is -0.137. The van der Waals surface area contributed by atoms with E-state index in [-0.39, 0.29) is 18.4 Å². The quantitative estimate of drug-likeness (QED) is 0.415. The summed E-state index contributed by atoms with van der Waals surface area (Å²) in [5.74, 6) is -0.682. The van der Waals surface area contributed by atoms with Crippen LogP contribution in [0.2, 0.25) is 0 Å². The topological polar surface area (TPSA) is 87.1 Å². The Hall–Kier alpha value is -2.44. The molecule has 1 aromatic carbocycles. The molecule has 0 saturated carbocycles. The van der Waals surface area contributed by atoms with Crippen LogP contribution in [-0.2, 0) is 27.4 Å². The minimum Gasteiger partial charge on any atom is -0.481 e. The number of carbonyl (C=O) groups excluding carboxylic acids is 1. The first-order valence-corrected chi connectivity index (χ1v) is 10.1. The molecule has 6 nitrogen and oxygen atoms in total. The minimum atomic E-state index is -0.790. The third-order valence-corrected chi connectivity index (χ3v) is 4.91. The average Bonchev–Trinajstić information content (AvgIpc) is 3.03. The number of amides is 1. The van der Waals surface area contributed by atoms with E-state index in [0.29, 0.717) is 38.8 Å². The Morgan fingerprint density at radius 2 is 2.14 bits per heavy atom. The fraction of sp³-hybridized carbons (Fsp3) is 0.478. The van der Waals surface area contributed by atoms with Gasteiger partial charge >= 0.3 is 5.97 Å². The van der Waals surface area contributed by atoms with Crippen molar-refractivity contribution in [3.8, 4) is 0 Å². The van der Waals surface area contributed by atoms with Crippen molar-refractivity contribution in [2.45, 2.75) is 57.3 Å². The smallest absolute Gasteiger partial charge is 0.303 e. The molecule has 2 atom stereocenters. The van der Waals surface area contributed by atoms with E-state index in [2.05, 4.69) is 0 Å². The molecule has 0 aliphatic carbocycles. The summed E-state index contributed by atoms with van der Waals surface area (Å²) in [6.07, 6.45) is 10.1. The number of hydrogen-bond donors (Lipinski definition) is 2. The second-order valence-corrected chi connectivity index (χ2v) is 7.32. The van der Waals surface area contributed by atoms with Crippen LogP contribution in [-0.4, -0.2) is 52.8 Å². The highest BCUT2D eigenvalue weighted by molar-refractivity contribution is 5.79. The van der Waals surface area contributed by atoms with Crippen LogP contribution >= 0.6 is 0 Å². The van der Waals surface area contributed by atoms with Crippen molar-refractivity contribution in [1.82, 2.24) is 4.90 Å². The first kappa shape index (κ1) is 22.8. The molecule has 1 fully saturated rings. The summed E-state index contributed by atoms with van der Waals surface area (Å²) in [5, 5.41) is 19.0. The van der Waals surface area contributed by atoms with Crippen LogP contribution < -0.4 is 0 Å². The zero-order chi connectivity index (χ0) is 21.1. The van der Waals surface area contributed by atoms with E-state index in [4.69, 9.17) is 9.84 Å². The number of unbranched alkanes of at least 4 members (excludes halogenated alkanes) is 1. The van der Waals surface area contributed by atoms with Crippen LogP contribution in [0.4, 0.5) is 0 Å². The van der Waals surface area contributed by atoms with Gasteiger partial charge in [0.25, 0.3) is 0 Å². The molecule has 1 saturated heterocycles. The van der Waals surface area contributed by atoms with E-state index in [1.54, 1.807) is 18.1 Å². The normalized spacial score (nSPS) is 18.2. The largest absolute Gasteiger partial charge is 0.481 e. The molecule has 1 amide bonds. The Morgan fingerprint density at radius 1 is 1.34 bits per heavy atom. The highest BCUT2D eigenvalue weighted by Gasteiger charge is 2.28. The van der Waals surface area contributed by atoms with Crippen molar-refractivity contribution in [2.24, 2.45) is 0 Å². The van der Waals surface area contributed by atoms with Gasteiger partial charge in [-0.2, -0.15) is 0 Å².